The Morgan fingerprint density at radius 3 is 2.26 bits per heavy atom. The van der Waals surface area contributed by atoms with Crippen LogP contribution in [-0.2, 0) is 14.3 Å². The fraction of sp³-hybridized carbons (Fsp3) is 0.154. The quantitative estimate of drug-likeness (QED) is 0.620. The van der Waals surface area contributed by atoms with E-state index in [4.69, 9.17) is 5.73 Å². The van der Waals surface area contributed by atoms with E-state index in [0.29, 0.717) is 11.3 Å². The molecular weight excluding hydrogens is 248 g/mol. The first kappa shape index (κ1) is 14.4. The van der Waals surface area contributed by atoms with Crippen molar-refractivity contribution in [3.63, 3.8) is 0 Å². The molecule has 100 valence electrons. The average Bonchev–Trinajstić information content (AvgIpc) is 2.37. The summed E-state index contributed by atoms with van der Waals surface area (Å²) in [5, 5.41) is 2.56. The van der Waals surface area contributed by atoms with Gasteiger partial charge >= 0.3 is 5.97 Å². The number of rotatable bonds is 4. The molecule has 19 heavy (non-hydrogen) atoms. The molecule has 0 aliphatic carbocycles. The van der Waals surface area contributed by atoms with Crippen molar-refractivity contribution in [2.45, 2.75) is 6.92 Å². The molecule has 0 heterocycles. The van der Waals surface area contributed by atoms with Crippen molar-refractivity contribution in [3.8, 4) is 0 Å². The van der Waals surface area contributed by atoms with Crippen molar-refractivity contribution < 1.29 is 19.1 Å². The number of benzene rings is 1. The maximum atomic E-state index is 11.6. The summed E-state index contributed by atoms with van der Waals surface area (Å²) in [6.45, 7) is 1.48. The lowest BCUT2D eigenvalue weighted by atomic mass is 10.2. The fourth-order valence-corrected chi connectivity index (χ4v) is 1.32. The first-order valence-electron chi connectivity index (χ1n) is 5.41. The minimum absolute atomic E-state index is 0.199. The number of carbonyl (C=O) groups excluding carboxylic acids is 3. The van der Waals surface area contributed by atoms with Gasteiger partial charge in [-0.2, -0.15) is 0 Å². The van der Waals surface area contributed by atoms with Gasteiger partial charge in [-0.1, -0.05) is 0 Å². The molecule has 0 radical (unpaired) electrons. The smallest absolute Gasteiger partial charge is 0.337 e. The highest BCUT2D eigenvalue weighted by Crippen LogP contribution is 2.11. The highest BCUT2D eigenvalue weighted by atomic mass is 16.5. The Morgan fingerprint density at radius 1 is 1.21 bits per heavy atom. The summed E-state index contributed by atoms with van der Waals surface area (Å²) in [6.07, 6.45) is 1.04. The molecule has 3 N–H and O–H groups in total. The molecular formula is C13H14N2O4. The Kier molecular flexibility index (Phi) is 4.82. The van der Waals surface area contributed by atoms with E-state index in [1.54, 1.807) is 12.1 Å². The largest absolute Gasteiger partial charge is 0.465 e. The summed E-state index contributed by atoms with van der Waals surface area (Å²) in [5.41, 5.74) is 6.02. The van der Waals surface area contributed by atoms with E-state index >= 15 is 0 Å². The highest BCUT2D eigenvalue weighted by Gasteiger charge is 2.08. The molecule has 0 atom stereocenters. The first-order valence-corrected chi connectivity index (χ1v) is 5.41. The van der Waals surface area contributed by atoms with Gasteiger partial charge in [0.2, 0.25) is 5.91 Å². The zero-order valence-corrected chi connectivity index (χ0v) is 10.6. The van der Waals surface area contributed by atoms with Crippen LogP contribution in [0.25, 0.3) is 0 Å². The number of primary amides is 1. The van der Waals surface area contributed by atoms with Crippen molar-refractivity contribution in [2.24, 2.45) is 5.73 Å². The molecule has 1 aromatic rings. The second-order valence-electron chi connectivity index (χ2n) is 3.75. The number of hydrogen-bond acceptors (Lipinski definition) is 4. The Balaban J connectivity index is 2.76. The van der Waals surface area contributed by atoms with E-state index in [2.05, 4.69) is 10.1 Å². The lowest BCUT2D eigenvalue weighted by Gasteiger charge is -2.06. The van der Waals surface area contributed by atoms with Gasteiger partial charge in [0, 0.05) is 17.3 Å². The van der Waals surface area contributed by atoms with Crippen LogP contribution in [0, 0.1) is 0 Å². The van der Waals surface area contributed by atoms with E-state index in [1.807, 2.05) is 0 Å². The first-order chi connectivity index (χ1) is 8.93. The van der Waals surface area contributed by atoms with Gasteiger partial charge in [0.1, 0.15) is 0 Å². The summed E-state index contributed by atoms with van der Waals surface area (Å²) in [6, 6.07) is 6.16. The van der Waals surface area contributed by atoms with E-state index in [-0.39, 0.29) is 5.57 Å². The molecule has 0 bridgehead atoms. The topological polar surface area (TPSA) is 98.5 Å². The number of esters is 1. The molecule has 0 saturated heterocycles. The van der Waals surface area contributed by atoms with Crippen LogP contribution < -0.4 is 11.1 Å². The second-order valence-corrected chi connectivity index (χ2v) is 3.75. The summed E-state index contributed by atoms with van der Waals surface area (Å²) in [7, 11) is 1.29. The molecule has 0 saturated carbocycles. The monoisotopic (exact) mass is 262 g/mol. The molecule has 6 heteroatoms. The lowest BCUT2D eigenvalue weighted by molar-refractivity contribution is -0.115. The van der Waals surface area contributed by atoms with E-state index in [0.717, 1.165) is 6.08 Å². The molecule has 0 fully saturated rings. The standard InChI is InChI=1S/C13H14N2O4/c1-8(7-11(14)16)12(17)15-10-5-3-9(4-6-10)13(18)19-2/h3-7H,1-2H3,(H2,14,16)(H,15,17)/b8-7+. The van der Waals surface area contributed by atoms with E-state index in [9.17, 15) is 14.4 Å². The Labute approximate surface area is 110 Å². The van der Waals surface area contributed by atoms with Gasteiger partial charge < -0.3 is 15.8 Å². The number of ether oxygens (including phenoxy) is 1. The predicted octanol–water partition coefficient (Wildman–Crippen LogP) is 0.843. The van der Waals surface area contributed by atoms with Gasteiger partial charge in [-0.15, -0.1) is 0 Å². The normalized spacial score (nSPS) is 10.7. The van der Waals surface area contributed by atoms with Crippen LogP contribution in [-0.4, -0.2) is 24.9 Å². The van der Waals surface area contributed by atoms with Crippen LogP contribution in [0.5, 0.6) is 0 Å². The summed E-state index contributed by atoms with van der Waals surface area (Å²) >= 11 is 0. The third kappa shape index (κ3) is 4.27. The molecule has 6 nitrogen and oxygen atoms in total. The molecule has 0 unspecified atom stereocenters. The fourth-order valence-electron chi connectivity index (χ4n) is 1.32. The minimum atomic E-state index is -0.686. The maximum Gasteiger partial charge on any atom is 0.337 e. The summed E-state index contributed by atoms with van der Waals surface area (Å²) in [5.74, 6) is -1.58. The van der Waals surface area contributed by atoms with Crippen LogP contribution >= 0.6 is 0 Å². The SMILES string of the molecule is COC(=O)c1ccc(NC(=O)/C(C)=C/C(N)=O)cc1. The van der Waals surface area contributed by atoms with Gasteiger partial charge in [-0.3, -0.25) is 9.59 Å². The number of amides is 2. The van der Waals surface area contributed by atoms with E-state index in [1.165, 1.54) is 26.2 Å². The number of hydrogen-bond donors (Lipinski definition) is 2. The summed E-state index contributed by atoms with van der Waals surface area (Å²) < 4.78 is 4.55. The number of carbonyl (C=O) groups is 3. The number of anilines is 1. The van der Waals surface area contributed by atoms with E-state index < -0.39 is 17.8 Å². The van der Waals surface area contributed by atoms with Crippen LogP contribution in [0.4, 0.5) is 5.69 Å². The molecule has 0 aromatic heterocycles. The molecule has 0 aliphatic heterocycles. The van der Waals surface area contributed by atoms with Crippen molar-refractivity contribution in [3.05, 3.63) is 41.5 Å². The Bertz CT molecular complexity index is 532. The number of nitrogens with two attached hydrogens (primary N) is 1. The zero-order valence-electron chi connectivity index (χ0n) is 10.6. The van der Waals surface area contributed by atoms with Crippen LogP contribution in [0.3, 0.4) is 0 Å². The third-order valence-corrected chi connectivity index (χ3v) is 2.28. The van der Waals surface area contributed by atoms with Gasteiger partial charge in [0.25, 0.3) is 5.91 Å². The average molecular weight is 262 g/mol. The molecule has 2 amide bonds. The van der Waals surface area contributed by atoms with Gasteiger partial charge in [0.05, 0.1) is 12.7 Å². The zero-order chi connectivity index (χ0) is 14.4. The minimum Gasteiger partial charge on any atom is -0.465 e. The maximum absolute atomic E-state index is 11.6. The van der Waals surface area contributed by atoms with Crippen LogP contribution in [0.2, 0.25) is 0 Å². The second kappa shape index (κ2) is 6.34. The molecule has 0 aliphatic rings. The van der Waals surface area contributed by atoms with Crippen molar-refractivity contribution in [1.82, 2.24) is 0 Å². The predicted molar refractivity (Wildman–Crippen MR) is 69.4 cm³/mol. The number of nitrogens with one attached hydrogen (secondary N) is 1. The van der Waals surface area contributed by atoms with Crippen molar-refractivity contribution >= 4 is 23.5 Å². The lowest BCUT2D eigenvalue weighted by Crippen LogP contribution is -2.16. The Hall–Kier alpha value is -2.63. The molecule has 1 rings (SSSR count). The van der Waals surface area contributed by atoms with Gasteiger partial charge in [-0.25, -0.2) is 4.79 Å². The highest BCUT2D eigenvalue weighted by molar-refractivity contribution is 6.07. The molecule has 1 aromatic carbocycles. The third-order valence-electron chi connectivity index (χ3n) is 2.28. The molecule has 0 spiro atoms. The van der Waals surface area contributed by atoms with Crippen molar-refractivity contribution in [2.75, 3.05) is 12.4 Å². The van der Waals surface area contributed by atoms with Gasteiger partial charge in [-0.05, 0) is 31.2 Å². The van der Waals surface area contributed by atoms with Crippen molar-refractivity contribution in [1.29, 1.82) is 0 Å². The Morgan fingerprint density at radius 2 is 1.79 bits per heavy atom. The van der Waals surface area contributed by atoms with Crippen LogP contribution in [0.1, 0.15) is 17.3 Å². The van der Waals surface area contributed by atoms with Gasteiger partial charge in [0.15, 0.2) is 0 Å². The number of methoxy groups -OCH3 is 1. The van der Waals surface area contributed by atoms with Crippen LogP contribution in [0.15, 0.2) is 35.9 Å². The summed E-state index contributed by atoms with van der Waals surface area (Å²) in [4.78, 5) is 33.5.